The molecule has 1 fully saturated rings. The zero-order valence-electron chi connectivity index (χ0n) is 15.5. The van der Waals surface area contributed by atoms with Crippen LogP contribution < -0.4 is 10.2 Å². The molecule has 7 heteroatoms. The average Bonchev–Trinajstić information content (AvgIpc) is 3.14. The molecule has 142 valence electrons. The molecule has 3 rings (SSSR count). The first-order chi connectivity index (χ1) is 12.3. The number of nitrogens with zero attached hydrogens (tertiary/aromatic N) is 4. The highest BCUT2D eigenvalue weighted by Gasteiger charge is 2.19. The number of anilines is 1. The number of hydrogen-bond donors (Lipinski definition) is 1. The van der Waals surface area contributed by atoms with Crippen molar-refractivity contribution in [1.29, 1.82) is 0 Å². The van der Waals surface area contributed by atoms with Crippen molar-refractivity contribution >= 4 is 35.6 Å². The topological polar surface area (TPSA) is 56.9 Å². The number of hydrogen-bond acceptors (Lipinski definition) is 4. The Morgan fingerprint density at radius 2 is 1.88 bits per heavy atom. The molecule has 1 aliphatic rings. The molecule has 0 amide bonds. The van der Waals surface area contributed by atoms with Crippen LogP contribution in [0.5, 0.6) is 0 Å². The summed E-state index contributed by atoms with van der Waals surface area (Å²) in [5.41, 5.74) is 2.27. The van der Waals surface area contributed by atoms with E-state index in [-0.39, 0.29) is 24.0 Å². The van der Waals surface area contributed by atoms with Crippen LogP contribution in [0.3, 0.4) is 0 Å². The van der Waals surface area contributed by atoms with Crippen LogP contribution in [0.25, 0.3) is 0 Å². The largest absolute Gasteiger partial charge is 0.368 e. The molecule has 26 heavy (non-hydrogen) atoms. The highest BCUT2D eigenvalue weighted by Crippen LogP contribution is 2.15. The van der Waals surface area contributed by atoms with Gasteiger partial charge in [-0.15, -0.1) is 24.0 Å². The molecule has 1 saturated heterocycles. The number of rotatable bonds is 5. The molecule has 1 aromatic carbocycles. The standard InChI is InChI=1S/C19H27N5O.HI/c1-3-16-14-18(25-22-16)15-21-19(20-4-2)24-12-10-23(11-13-24)17-8-6-5-7-9-17;/h5-9,14H,3-4,10-13,15H2,1-2H3,(H,20,21);1H. The van der Waals surface area contributed by atoms with Gasteiger partial charge in [0.1, 0.15) is 6.54 Å². The first-order valence-electron chi connectivity index (χ1n) is 9.08. The van der Waals surface area contributed by atoms with Crippen LogP contribution in [-0.4, -0.2) is 48.7 Å². The molecular weight excluding hydrogens is 441 g/mol. The van der Waals surface area contributed by atoms with E-state index in [0.29, 0.717) is 6.54 Å². The van der Waals surface area contributed by atoms with E-state index in [0.717, 1.165) is 56.6 Å². The quantitative estimate of drug-likeness (QED) is 0.415. The predicted octanol–water partition coefficient (Wildman–Crippen LogP) is 3.14. The fraction of sp³-hybridized carbons (Fsp3) is 0.474. The minimum atomic E-state index is 0. The zero-order valence-corrected chi connectivity index (χ0v) is 17.8. The van der Waals surface area contributed by atoms with E-state index in [1.165, 1.54) is 5.69 Å². The molecule has 1 aromatic heterocycles. The van der Waals surface area contributed by atoms with Crippen molar-refractivity contribution in [3.05, 3.63) is 47.9 Å². The van der Waals surface area contributed by atoms with Gasteiger partial charge in [-0.1, -0.05) is 30.3 Å². The maximum atomic E-state index is 5.33. The summed E-state index contributed by atoms with van der Waals surface area (Å²) in [5, 5.41) is 7.42. The molecule has 2 heterocycles. The minimum absolute atomic E-state index is 0. The van der Waals surface area contributed by atoms with E-state index < -0.39 is 0 Å². The van der Waals surface area contributed by atoms with Gasteiger partial charge in [-0.2, -0.15) is 0 Å². The van der Waals surface area contributed by atoms with Crippen LogP contribution in [0, 0.1) is 0 Å². The van der Waals surface area contributed by atoms with Crippen LogP contribution >= 0.6 is 24.0 Å². The van der Waals surface area contributed by atoms with Crippen LogP contribution in [-0.2, 0) is 13.0 Å². The van der Waals surface area contributed by atoms with E-state index in [9.17, 15) is 0 Å². The smallest absolute Gasteiger partial charge is 0.194 e. The molecule has 0 atom stereocenters. The number of benzene rings is 1. The fourth-order valence-corrected chi connectivity index (χ4v) is 2.99. The number of halogens is 1. The summed E-state index contributed by atoms with van der Waals surface area (Å²) >= 11 is 0. The molecule has 0 bridgehead atoms. The number of aliphatic imine (C=N–C) groups is 1. The number of piperazine rings is 1. The second-order valence-corrected chi connectivity index (χ2v) is 6.12. The van der Waals surface area contributed by atoms with Gasteiger partial charge in [-0.05, 0) is 25.5 Å². The second kappa shape index (κ2) is 10.4. The summed E-state index contributed by atoms with van der Waals surface area (Å²) in [5.74, 6) is 1.76. The molecular formula is C19H28IN5O. The maximum absolute atomic E-state index is 5.33. The van der Waals surface area contributed by atoms with Gasteiger partial charge in [0.2, 0.25) is 0 Å². The SMILES string of the molecule is CCNC(=NCc1cc(CC)no1)N1CCN(c2ccccc2)CC1.I. The maximum Gasteiger partial charge on any atom is 0.194 e. The van der Waals surface area contributed by atoms with Gasteiger partial charge in [-0.3, -0.25) is 0 Å². The van der Waals surface area contributed by atoms with Crippen molar-refractivity contribution in [3.8, 4) is 0 Å². The third kappa shape index (κ3) is 5.36. The van der Waals surface area contributed by atoms with Gasteiger partial charge in [0, 0.05) is 44.5 Å². The molecule has 2 aromatic rings. The van der Waals surface area contributed by atoms with Crippen molar-refractivity contribution in [1.82, 2.24) is 15.4 Å². The van der Waals surface area contributed by atoms with Gasteiger partial charge in [0.05, 0.1) is 5.69 Å². The van der Waals surface area contributed by atoms with Crippen molar-refractivity contribution in [2.24, 2.45) is 4.99 Å². The molecule has 1 N–H and O–H groups in total. The van der Waals surface area contributed by atoms with Gasteiger partial charge < -0.3 is 19.6 Å². The van der Waals surface area contributed by atoms with E-state index in [1.807, 2.05) is 6.07 Å². The first kappa shape index (κ1) is 20.5. The zero-order chi connectivity index (χ0) is 17.5. The molecule has 0 spiro atoms. The van der Waals surface area contributed by atoms with Crippen molar-refractivity contribution in [3.63, 3.8) is 0 Å². The molecule has 6 nitrogen and oxygen atoms in total. The Kier molecular flexibility index (Phi) is 8.21. The lowest BCUT2D eigenvalue weighted by Gasteiger charge is -2.37. The highest BCUT2D eigenvalue weighted by molar-refractivity contribution is 14.0. The molecule has 1 aliphatic heterocycles. The third-order valence-electron chi connectivity index (χ3n) is 4.39. The lowest BCUT2D eigenvalue weighted by atomic mass is 10.2. The fourth-order valence-electron chi connectivity index (χ4n) is 2.99. The van der Waals surface area contributed by atoms with E-state index >= 15 is 0 Å². The Labute approximate surface area is 172 Å². The average molecular weight is 469 g/mol. The van der Waals surface area contributed by atoms with Crippen molar-refractivity contribution in [2.45, 2.75) is 26.8 Å². The molecule has 0 radical (unpaired) electrons. The summed E-state index contributed by atoms with van der Waals surface area (Å²) in [4.78, 5) is 9.47. The Bertz CT molecular complexity index is 680. The van der Waals surface area contributed by atoms with Crippen molar-refractivity contribution < 1.29 is 4.52 Å². The summed E-state index contributed by atoms with van der Waals surface area (Å²) in [6, 6.07) is 12.6. The van der Waals surface area contributed by atoms with Gasteiger partial charge in [0.15, 0.2) is 11.7 Å². The van der Waals surface area contributed by atoms with Crippen LogP contribution in [0.4, 0.5) is 5.69 Å². The third-order valence-corrected chi connectivity index (χ3v) is 4.39. The van der Waals surface area contributed by atoms with Crippen LogP contribution in [0.1, 0.15) is 25.3 Å². The monoisotopic (exact) mass is 469 g/mol. The number of aryl methyl sites for hydroxylation is 1. The Balaban J connectivity index is 0.00000243. The minimum Gasteiger partial charge on any atom is -0.368 e. The second-order valence-electron chi connectivity index (χ2n) is 6.12. The number of nitrogens with one attached hydrogen (secondary N) is 1. The highest BCUT2D eigenvalue weighted by atomic mass is 127. The number of guanidine groups is 1. The van der Waals surface area contributed by atoms with Gasteiger partial charge in [0.25, 0.3) is 0 Å². The van der Waals surface area contributed by atoms with E-state index in [2.05, 4.69) is 64.5 Å². The Morgan fingerprint density at radius 1 is 1.15 bits per heavy atom. The van der Waals surface area contributed by atoms with Gasteiger partial charge >= 0.3 is 0 Å². The lowest BCUT2D eigenvalue weighted by molar-refractivity contribution is 0.365. The van der Waals surface area contributed by atoms with Crippen molar-refractivity contribution in [2.75, 3.05) is 37.6 Å². The van der Waals surface area contributed by atoms with Gasteiger partial charge in [-0.25, -0.2) is 4.99 Å². The molecule has 0 aliphatic carbocycles. The number of para-hydroxylation sites is 1. The summed E-state index contributed by atoms with van der Waals surface area (Å²) in [6.07, 6.45) is 0.884. The van der Waals surface area contributed by atoms with Crippen LogP contribution in [0.2, 0.25) is 0 Å². The van der Waals surface area contributed by atoms with E-state index in [1.54, 1.807) is 0 Å². The Hall–Kier alpha value is -1.77. The molecule has 0 unspecified atom stereocenters. The Morgan fingerprint density at radius 3 is 2.50 bits per heavy atom. The lowest BCUT2D eigenvalue weighted by Crippen LogP contribution is -2.52. The normalized spacial score (nSPS) is 14.9. The first-order valence-corrected chi connectivity index (χ1v) is 9.08. The summed E-state index contributed by atoms with van der Waals surface area (Å²) in [6.45, 7) is 9.45. The number of aromatic nitrogens is 1. The summed E-state index contributed by atoms with van der Waals surface area (Å²) < 4.78 is 5.33. The summed E-state index contributed by atoms with van der Waals surface area (Å²) in [7, 11) is 0. The predicted molar refractivity (Wildman–Crippen MR) is 116 cm³/mol. The van der Waals surface area contributed by atoms with E-state index in [4.69, 9.17) is 9.52 Å². The van der Waals surface area contributed by atoms with Crippen LogP contribution in [0.15, 0.2) is 45.9 Å². The molecule has 0 saturated carbocycles.